The van der Waals surface area contributed by atoms with Crippen LogP contribution in [-0.2, 0) is 16.1 Å². The number of rotatable bonds is 10. The highest BCUT2D eigenvalue weighted by atomic mass is 16.6. The molecule has 2 aromatic rings. The quantitative estimate of drug-likeness (QED) is 0.170. The van der Waals surface area contributed by atoms with Crippen molar-refractivity contribution in [2.24, 2.45) is 5.92 Å². The largest absolute Gasteiger partial charge is 0.445 e. The van der Waals surface area contributed by atoms with Crippen LogP contribution in [0.15, 0.2) is 67.3 Å². The Morgan fingerprint density at radius 3 is 2.27 bits per heavy atom. The second kappa shape index (κ2) is 14.7. The number of hydrogen-bond donors (Lipinski definition) is 0. The Morgan fingerprint density at radius 1 is 1.02 bits per heavy atom. The van der Waals surface area contributed by atoms with Crippen molar-refractivity contribution in [3.05, 3.63) is 88.5 Å². The minimum atomic E-state index is -0.539. The van der Waals surface area contributed by atoms with Gasteiger partial charge in [0.2, 0.25) is 0 Å². The van der Waals surface area contributed by atoms with Crippen molar-refractivity contribution in [2.75, 3.05) is 33.2 Å². The molecule has 0 spiro atoms. The Labute approximate surface area is 260 Å². The Balaban J connectivity index is 1.34. The van der Waals surface area contributed by atoms with Gasteiger partial charge in [-0.3, -0.25) is 10.1 Å². The van der Waals surface area contributed by atoms with Gasteiger partial charge in [-0.1, -0.05) is 36.4 Å². The minimum Gasteiger partial charge on any atom is -0.445 e. The SMILES string of the molecule is C=CCN(C(=O)OCc1ccc([N+](=O)[O-])cc1)C1CCN(C[C@H]2C[C@@H](N(C)C(=O)OC(C)(C)C)C[C@@H]2c2ccccc2)CC1. The molecule has 10 heteroatoms. The number of amides is 2. The van der Waals surface area contributed by atoms with Crippen molar-refractivity contribution in [3.63, 3.8) is 0 Å². The van der Waals surface area contributed by atoms with Gasteiger partial charge in [0.05, 0.1) is 4.92 Å². The molecule has 2 amide bonds. The summed E-state index contributed by atoms with van der Waals surface area (Å²) in [4.78, 5) is 42.4. The van der Waals surface area contributed by atoms with Crippen LogP contribution >= 0.6 is 0 Å². The molecule has 1 heterocycles. The molecule has 10 nitrogen and oxygen atoms in total. The smallest absolute Gasteiger partial charge is 0.410 e. The molecule has 1 aliphatic carbocycles. The van der Waals surface area contributed by atoms with Gasteiger partial charge < -0.3 is 24.2 Å². The third kappa shape index (κ3) is 8.81. The van der Waals surface area contributed by atoms with E-state index in [-0.39, 0.29) is 30.5 Å². The van der Waals surface area contributed by atoms with Crippen LogP contribution in [0.1, 0.15) is 63.5 Å². The van der Waals surface area contributed by atoms with Gasteiger partial charge in [0.1, 0.15) is 12.2 Å². The standard InChI is InChI=1S/C34H46N4O6/c1-6-18-37(33(40)43-24-25-12-14-29(15-13-25)38(41)42)28-16-19-36(20-17-28)23-27-21-30(35(5)32(39)44-34(2,3)4)22-31(27)26-10-8-7-9-11-26/h6-15,27-28,30-31H,1,16-24H2,2-5H3/t27-,30-,31-/m1/s1. The Bertz CT molecular complexity index is 1270. The van der Waals surface area contributed by atoms with Crippen LogP contribution in [-0.4, -0.2) is 82.7 Å². The number of ether oxygens (including phenoxy) is 2. The normalized spacial score (nSPS) is 21.0. The van der Waals surface area contributed by atoms with Gasteiger partial charge >= 0.3 is 12.2 Å². The zero-order valence-corrected chi connectivity index (χ0v) is 26.4. The number of likely N-dealkylation sites (tertiary alicyclic amines) is 1. The third-order valence-corrected chi connectivity index (χ3v) is 8.69. The van der Waals surface area contributed by atoms with Gasteiger partial charge in [-0.05, 0) is 81.5 Å². The zero-order chi connectivity index (χ0) is 31.9. The maximum atomic E-state index is 13.1. The average molecular weight is 607 g/mol. The molecule has 0 aromatic heterocycles. The Morgan fingerprint density at radius 2 is 1.68 bits per heavy atom. The number of carbonyl (C=O) groups is 2. The molecule has 2 aromatic carbocycles. The second-order valence-electron chi connectivity index (χ2n) is 12.9. The summed E-state index contributed by atoms with van der Waals surface area (Å²) < 4.78 is 11.3. The molecule has 0 unspecified atom stereocenters. The first-order valence-corrected chi connectivity index (χ1v) is 15.5. The van der Waals surface area contributed by atoms with Crippen LogP contribution in [0.4, 0.5) is 15.3 Å². The van der Waals surface area contributed by atoms with E-state index in [4.69, 9.17) is 9.47 Å². The van der Waals surface area contributed by atoms with E-state index in [1.54, 1.807) is 28.0 Å². The van der Waals surface area contributed by atoms with E-state index in [1.807, 2.05) is 33.9 Å². The summed E-state index contributed by atoms with van der Waals surface area (Å²) in [5.41, 5.74) is 1.46. The van der Waals surface area contributed by atoms with Crippen LogP contribution in [0.5, 0.6) is 0 Å². The van der Waals surface area contributed by atoms with Crippen molar-refractivity contribution in [3.8, 4) is 0 Å². The zero-order valence-electron chi connectivity index (χ0n) is 26.4. The van der Waals surface area contributed by atoms with E-state index in [9.17, 15) is 19.7 Å². The van der Waals surface area contributed by atoms with Crippen LogP contribution in [0.3, 0.4) is 0 Å². The van der Waals surface area contributed by atoms with E-state index in [0.29, 0.717) is 23.9 Å². The summed E-state index contributed by atoms with van der Waals surface area (Å²) in [6.07, 6.45) is 4.48. The highest BCUT2D eigenvalue weighted by Crippen LogP contribution is 2.42. The monoisotopic (exact) mass is 606 g/mol. The third-order valence-electron chi connectivity index (χ3n) is 8.69. The van der Waals surface area contributed by atoms with Crippen molar-refractivity contribution >= 4 is 17.9 Å². The van der Waals surface area contributed by atoms with Gasteiger partial charge in [-0.2, -0.15) is 0 Å². The van der Waals surface area contributed by atoms with E-state index in [1.165, 1.54) is 17.7 Å². The molecule has 1 saturated carbocycles. The first kappa shape index (κ1) is 33.0. The number of benzene rings is 2. The maximum Gasteiger partial charge on any atom is 0.410 e. The van der Waals surface area contributed by atoms with E-state index in [0.717, 1.165) is 45.3 Å². The fourth-order valence-electron chi connectivity index (χ4n) is 6.40. The molecular weight excluding hydrogens is 560 g/mol. The molecule has 238 valence electrons. The summed E-state index contributed by atoms with van der Waals surface area (Å²) in [6, 6.07) is 16.7. The summed E-state index contributed by atoms with van der Waals surface area (Å²) in [6.45, 7) is 12.6. The first-order valence-electron chi connectivity index (χ1n) is 15.5. The molecule has 44 heavy (non-hydrogen) atoms. The number of nitro benzene ring substituents is 1. The van der Waals surface area contributed by atoms with Gasteiger partial charge in [-0.15, -0.1) is 6.58 Å². The van der Waals surface area contributed by atoms with Crippen LogP contribution in [0, 0.1) is 16.0 Å². The summed E-state index contributed by atoms with van der Waals surface area (Å²) in [5.74, 6) is 0.732. The van der Waals surface area contributed by atoms with Gasteiger partial charge in [0.25, 0.3) is 5.69 Å². The van der Waals surface area contributed by atoms with Crippen molar-refractivity contribution in [1.82, 2.24) is 14.7 Å². The molecule has 3 atom stereocenters. The summed E-state index contributed by atoms with van der Waals surface area (Å²) >= 11 is 0. The van der Waals surface area contributed by atoms with E-state index in [2.05, 4.69) is 35.7 Å². The fraction of sp³-hybridized carbons (Fsp3) is 0.529. The lowest BCUT2D eigenvalue weighted by Gasteiger charge is -2.39. The molecule has 0 N–H and O–H groups in total. The first-order chi connectivity index (χ1) is 20.9. The molecule has 1 saturated heterocycles. The van der Waals surface area contributed by atoms with Crippen LogP contribution in [0.2, 0.25) is 0 Å². The van der Waals surface area contributed by atoms with Crippen LogP contribution < -0.4 is 0 Å². The molecule has 2 aliphatic rings. The molecule has 1 aliphatic heterocycles. The van der Waals surface area contributed by atoms with E-state index < -0.39 is 16.6 Å². The number of carbonyl (C=O) groups excluding carboxylic acids is 2. The summed E-state index contributed by atoms with van der Waals surface area (Å²) in [7, 11) is 1.85. The number of nitro groups is 1. The number of hydrogen-bond acceptors (Lipinski definition) is 7. The Hall–Kier alpha value is -3.92. The average Bonchev–Trinajstić information content (AvgIpc) is 3.42. The lowest BCUT2D eigenvalue weighted by atomic mass is 9.88. The number of nitrogens with zero attached hydrogens (tertiary/aromatic N) is 4. The molecule has 0 radical (unpaired) electrons. The minimum absolute atomic E-state index is 0.00149. The molecule has 4 rings (SSSR count). The Kier molecular flexibility index (Phi) is 11.0. The van der Waals surface area contributed by atoms with E-state index >= 15 is 0 Å². The molecular formula is C34H46N4O6. The van der Waals surface area contributed by atoms with Crippen molar-refractivity contribution in [2.45, 2.75) is 76.7 Å². The van der Waals surface area contributed by atoms with Crippen LogP contribution in [0.25, 0.3) is 0 Å². The van der Waals surface area contributed by atoms with Crippen molar-refractivity contribution in [1.29, 1.82) is 0 Å². The topological polar surface area (TPSA) is 105 Å². The van der Waals surface area contributed by atoms with Crippen molar-refractivity contribution < 1.29 is 24.0 Å². The summed E-state index contributed by atoms with van der Waals surface area (Å²) in [5, 5.41) is 10.9. The predicted molar refractivity (Wildman–Crippen MR) is 169 cm³/mol. The van der Waals surface area contributed by atoms with Gasteiger partial charge in [0, 0.05) is 57.4 Å². The predicted octanol–water partition coefficient (Wildman–Crippen LogP) is 6.61. The number of piperidine rings is 1. The van der Waals surface area contributed by atoms with Gasteiger partial charge in [0.15, 0.2) is 0 Å². The maximum absolute atomic E-state index is 13.1. The highest BCUT2D eigenvalue weighted by molar-refractivity contribution is 5.68. The van der Waals surface area contributed by atoms with Gasteiger partial charge in [-0.25, -0.2) is 9.59 Å². The number of non-ortho nitro benzene ring substituents is 1. The fourth-order valence-corrected chi connectivity index (χ4v) is 6.40. The molecule has 2 fully saturated rings. The lowest BCUT2D eigenvalue weighted by Crippen LogP contribution is -2.48. The second-order valence-corrected chi connectivity index (χ2v) is 12.9. The lowest BCUT2D eigenvalue weighted by molar-refractivity contribution is -0.384. The highest BCUT2D eigenvalue weighted by Gasteiger charge is 2.40. The molecule has 0 bridgehead atoms.